The Morgan fingerprint density at radius 1 is 1.23 bits per heavy atom. The SMILES string of the molecule is COc1cc(CN(C)CC(C)C)ccc1OC[C@H](O)CN1CCSCC1. The number of ether oxygens (including phenoxy) is 2. The van der Waals surface area contributed by atoms with Gasteiger partial charge >= 0.3 is 0 Å². The van der Waals surface area contributed by atoms with E-state index >= 15 is 0 Å². The fourth-order valence-electron chi connectivity index (χ4n) is 3.25. The number of hydrogen-bond donors (Lipinski definition) is 1. The number of rotatable bonds is 10. The van der Waals surface area contributed by atoms with Crippen LogP contribution in [0.2, 0.25) is 0 Å². The zero-order chi connectivity index (χ0) is 18.9. The second-order valence-corrected chi connectivity index (χ2v) is 8.68. The standard InChI is InChI=1S/C20H34N2O3S/c1-16(2)12-21(3)13-17-5-6-19(20(11-17)24-4)25-15-18(23)14-22-7-9-26-10-8-22/h5-6,11,16,18,23H,7-10,12-15H2,1-4H3/t18-/m1/s1. The van der Waals surface area contributed by atoms with Gasteiger partial charge in [0.05, 0.1) is 7.11 Å². The number of benzene rings is 1. The molecule has 1 heterocycles. The van der Waals surface area contributed by atoms with Crippen LogP contribution in [0.4, 0.5) is 0 Å². The lowest BCUT2D eigenvalue weighted by molar-refractivity contribution is 0.0704. The quantitative estimate of drug-likeness (QED) is 0.671. The summed E-state index contributed by atoms with van der Waals surface area (Å²) in [7, 11) is 3.79. The van der Waals surface area contributed by atoms with Gasteiger partial charge in [0, 0.05) is 44.2 Å². The highest BCUT2D eigenvalue weighted by Crippen LogP contribution is 2.28. The Kier molecular flexibility index (Phi) is 9.05. The molecule has 0 unspecified atom stereocenters. The Balaban J connectivity index is 1.86. The van der Waals surface area contributed by atoms with E-state index in [1.807, 2.05) is 23.9 Å². The highest BCUT2D eigenvalue weighted by molar-refractivity contribution is 7.99. The number of thioether (sulfide) groups is 1. The summed E-state index contributed by atoms with van der Waals surface area (Å²) < 4.78 is 11.3. The number of hydrogen-bond acceptors (Lipinski definition) is 6. The van der Waals surface area contributed by atoms with Gasteiger partial charge < -0.3 is 19.5 Å². The summed E-state index contributed by atoms with van der Waals surface area (Å²) in [5.41, 5.74) is 1.20. The molecule has 1 aromatic carbocycles. The van der Waals surface area contributed by atoms with Gasteiger partial charge in [0.2, 0.25) is 0 Å². The molecule has 1 saturated heterocycles. The Morgan fingerprint density at radius 3 is 2.62 bits per heavy atom. The van der Waals surface area contributed by atoms with Crippen molar-refractivity contribution >= 4 is 11.8 Å². The minimum Gasteiger partial charge on any atom is -0.493 e. The zero-order valence-corrected chi connectivity index (χ0v) is 17.4. The number of methoxy groups -OCH3 is 1. The molecule has 0 spiro atoms. The zero-order valence-electron chi connectivity index (χ0n) is 16.6. The van der Waals surface area contributed by atoms with Crippen LogP contribution in [0.25, 0.3) is 0 Å². The topological polar surface area (TPSA) is 45.2 Å². The van der Waals surface area contributed by atoms with Gasteiger partial charge in [-0.05, 0) is 30.7 Å². The van der Waals surface area contributed by atoms with Gasteiger partial charge in [-0.15, -0.1) is 0 Å². The van der Waals surface area contributed by atoms with Gasteiger partial charge in [-0.2, -0.15) is 11.8 Å². The van der Waals surface area contributed by atoms with E-state index in [1.165, 1.54) is 5.56 Å². The summed E-state index contributed by atoms with van der Waals surface area (Å²) in [6.45, 7) is 9.43. The molecule has 0 saturated carbocycles. The van der Waals surface area contributed by atoms with Crippen molar-refractivity contribution in [3.8, 4) is 11.5 Å². The maximum atomic E-state index is 10.3. The average molecular weight is 383 g/mol. The lowest BCUT2D eigenvalue weighted by Gasteiger charge is -2.28. The van der Waals surface area contributed by atoms with Crippen molar-refractivity contribution in [3.05, 3.63) is 23.8 Å². The van der Waals surface area contributed by atoms with E-state index < -0.39 is 6.10 Å². The van der Waals surface area contributed by atoms with Crippen molar-refractivity contribution in [3.63, 3.8) is 0 Å². The minimum atomic E-state index is -0.486. The van der Waals surface area contributed by atoms with Crippen LogP contribution in [0, 0.1) is 5.92 Å². The fourth-order valence-corrected chi connectivity index (χ4v) is 4.23. The van der Waals surface area contributed by atoms with E-state index in [2.05, 4.69) is 36.8 Å². The van der Waals surface area contributed by atoms with Crippen LogP contribution in [0.1, 0.15) is 19.4 Å². The van der Waals surface area contributed by atoms with Crippen molar-refractivity contribution in [1.82, 2.24) is 9.80 Å². The van der Waals surface area contributed by atoms with Gasteiger partial charge in [-0.1, -0.05) is 19.9 Å². The lowest BCUT2D eigenvalue weighted by atomic mass is 10.1. The first kappa shape index (κ1) is 21.4. The molecule has 6 heteroatoms. The Bertz CT molecular complexity index is 536. The normalized spacial score (nSPS) is 16.9. The third-order valence-electron chi connectivity index (χ3n) is 4.36. The predicted molar refractivity (Wildman–Crippen MR) is 109 cm³/mol. The molecule has 1 aromatic rings. The second-order valence-electron chi connectivity index (χ2n) is 7.45. The molecular formula is C20H34N2O3S. The highest BCUT2D eigenvalue weighted by atomic mass is 32.2. The maximum Gasteiger partial charge on any atom is 0.161 e. The molecule has 0 radical (unpaired) electrons. The molecule has 0 aliphatic carbocycles. The van der Waals surface area contributed by atoms with Crippen molar-refractivity contribution in [1.29, 1.82) is 0 Å². The molecule has 0 aromatic heterocycles. The smallest absolute Gasteiger partial charge is 0.161 e. The van der Waals surface area contributed by atoms with Gasteiger partial charge in [0.15, 0.2) is 11.5 Å². The van der Waals surface area contributed by atoms with E-state index in [4.69, 9.17) is 9.47 Å². The summed E-state index contributed by atoms with van der Waals surface area (Å²) >= 11 is 1.97. The van der Waals surface area contributed by atoms with Crippen LogP contribution >= 0.6 is 11.8 Å². The number of aliphatic hydroxyl groups excluding tert-OH is 1. The van der Waals surface area contributed by atoms with Crippen LogP contribution < -0.4 is 9.47 Å². The van der Waals surface area contributed by atoms with Crippen molar-refractivity contribution < 1.29 is 14.6 Å². The van der Waals surface area contributed by atoms with E-state index in [0.717, 1.165) is 43.4 Å². The molecule has 1 aliphatic rings. The summed E-state index contributed by atoms with van der Waals surface area (Å²) in [6.07, 6.45) is -0.486. The molecule has 1 aliphatic heterocycles. The first-order valence-electron chi connectivity index (χ1n) is 9.44. The third-order valence-corrected chi connectivity index (χ3v) is 5.30. The van der Waals surface area contributed by atoms with Crippen LogP contribution in [0.3, 0.4) is 0 Å². The summed E-state index contributed by atoms with van der Waals surface area (Å²) in [5, 5.41) is 10.3. The predicted octanol–water partition coefficient (Wildman–Crippen LogP) is 2.57. The Hall–Kier alpha value is -0.950. The molecule has 0 bridgehead atoms. The molecule has 1 atom stereocenters. The van der Waals surface area contributed by atoms with Crippen LogP contribution in [0.5, 0.6) is 11.5 Å². The van der Waals surface area contributed by atoms with Gasteiger partial charge in [-0.3, -0.25) is 4.90 Å². The number of aliphatic hydroxyl groups is 1. The van der Waals surface area contributed by atoms with Gasteiger partial charge in [0.25, 0.3) is 0 Å². The first-order chi connectivity index (χ1) is 12.5. The fraction of sp³-hybridized carbons (Fsp3) is 0.700. The second kappa shape index (κ2) is 11.0. The third kappa shape index (κ3) is 7.35. The largest absolute Gasteiger partial charge is 0.493 e. The molecule has 1 N–H and O–H groups in total. The monoisotopic (exact) mass is 382 g/mol. The van der Waals surface area contributed by atoms with E-state index in [-0.39, 0.29) is 6.61 Å². The average Bonchev–Trinajstić information content (AvgIpc) is 2.60. The molecular weight excluding hydrogens is 348 g/mol. The first-order valence-corrected chi connectivity index (χ1v) is 10.6. The number of β-amino-alcohol motifs (C(OH)–C–C–N with tert-alkyl or cyclic N) is 1. The summed E-state index contributed by atoms with van der Waals surface area (Å²) in [4.78, 5) is 4.61. The van der Waals surface area contributed by atoms with E-state index in [9.17, 15) is 5.11 Å². The Morgan fingerprint density at radius 2 is 1.96 bits per heavy atom. The molecule has 26 heavy (non-hydrogen) atoms. The molecule has 0 amide bonds. The Labute approximate surface area is 162 Å². The maximum absolute atomic E-state index is 10.3. The van der Waals surface area contributed by atoms with Gasteiger partial charge in [0.1, 0.15) is 12.7 Å². The van der Waals surface area contributed by atoms with Crippen molar-refractivity contribution in [2.75, 3.05) is 58.4 Å². The van der Waals surface area contributed by atoms with Crippen molar-refractivity contribution in [2.45, 2.75) is 26.5 Å². The molecule has 148 valence electrons. The lowest BCUT2D eigenvalue weighted by Crippen LogP contribution is -2.40. The summed E-state index contributed by atoms with van der Waals surface area (Å²) in [6, 6.07) is 6.05. The molecule has 5 nitrogen and oxygen atoms in total. The highest BCUT2D eigenvalue weighted by Gasteiger charge is 2.16. The van der Waals surface area contributed by atoms with E-state index in [0.29, 0.717) is 18.2 Å². The number of nitrogens with zero attached hydrogens (tertiary/aromatic N) is 2. The van der Waals surface area contributed by atoms with Gasteiger partial charge in [-0.25, -0.2) is 0 Å². The minimum absolute atomic E-state index is 0.284. The van der Waals surface area contributed by atoms with Crippen molar-refractivity contribution in [2.24, 2.45) is 5.92 Å². The van der Waals surface area contributed by atoms with Crippen LogP contribution in [0.15, 0.2) is 18.2 Å². The molecule has 1 fully saturated rings. The summed E-state index contributed by atoms with van der Waals surface area (Å²) in [5.74, 6) is 4.35. The molecule has 2 rings (SSSR count). The van der Waals surface area contributed by atoms with Crippen LogP contribution in [-0.2, 0) is 6.54 Å². The van der Waals surface area contributed by atoms with Crippen LogP contribution in [-0.4, -0.2) is 79.5 Å². The van der Waals surface area contributed by atoms with E-state index in [1.54, 1.807) is 7.11 Å².